The van der Waals surface area contributed by atoms with Crippen LogP contribution in [0.1, 0.15) is 88.7 Å². The molecule has 324 valence electrons. The first kappa shape index (κ1) is 39.5. The minimum atomic E-state index is -2.39. The topological polar surface area (TPSA) is 50.9 Å². The second-order valence-electron chi connectivity index (χ2n) is 20.4. The summed E-state index contributed by atoms with van der Waals surface area (Å²) in [5, 5.41) is 12.5. The summed E-state index contributed by atoms with van der Waals surface area (Å²) in [7, 11) is 0. The van der Waals surface area contributed by atoms with Crippen LogP contribution in [-0.4, -0.2) is 19.6 Å². The number of pyridine rings is 1. The van der Waals surface area contributed by atoms with Crippen molar-refractivity contribution in [1.29, 1.82) is 0 Å². The van der Waals surface area contributed by atoms with Gasteiger partial charge in [-0.15, -0.1) is 0 Å². The Morgan fingerprint density at radius 1 is 0.477 bits per heavy atom. The standard InChI is InChI=1S/C61H59N3O/c1-39-30-45(41-20-15-12-16-21-41)35-50(31-39)64-55-23-17-22-51(56(55)63-58(64)52-37-49(60(5,6)7)38-53(57(52)65)61(8,9)10)46-32-47(34-48(33-46)59(2,3)4)54-36-44(28-29-62-54)43-26-24-42(25-27-43)40-18-13-11-14-19-40/h11-38,65H,1-10H3/i1D3. The lowest BCUT2D eigenvalue weighted by Crippen LogP contribution is -2.17. The van der Waals surface area contributed by atoms with E-state index in [1.165, 1.54) is 11.1 Å². The number of fused-ring (bicyclic) bond motifs is 1. The molecule has 0 amide bonds. The molecule has 0 radical (unpaired) electrons. The molecule has 2 heterocycles. The van der Waals surface area contributed by atoms with E-state index in [0.717, 1.165) is 72.4 Å². The van der Waals surface area contributed by atoms with Crippen LogP contribution in [0.4, 0.5) is 0 Å². The van der Waals surface area contributed by atoms with Gasteiger partial charge in [0, 0.05) is 32.7 Å². The van der Waals surface area contributed by atoms with Crippen molar-refractivity contribution >= 4 is 11.0 Å². The van der Waals surface area contributed by atoms with Crippen molar-refractivity contribution < 1.29 is 9.22 Å². The third-order valence-electron chi connectivity index (χ3n) is 12.5. The zero-order chi connectivity index (χ0) is 48.3. The number of para-hydroxylation sites is 1. The Bertz CT molecular complexity index is 3310. The van der Waals surface area contributed by atoms with Gasteiger partial charge in [-0.25, -0.2) is 4.98 Å². The number of benzene rings is 7. The number of hydrogen-bond acceptors (Lipinski definition) is 3. The van der Waals surface area contributed by atoms with Crippen molar-refractivity contribution in [2.24, 2.45) is 0 Å². The van der Waals surface area contributed by atoms with Crippen molar-refractivity contribution in [1.82, 2.24) is 14.5 Å². The molecule has 65 heavy (non-hydrogen) atoms. The molecule has 0 aliphatic carbocycles. The van der Waals surface area contributed by atoms with Crippen LogP contribution >= 0.6 is 0 Å². The van der Waals surface area contributed by atoms with Gasteiger partial charge < -0.3 is 5.11 Å². The second kappa shape index (κ2) is 16.5. The summed E-state index contributed by atoms with van der Waals surface area (Å²) in [4.78, 5) is 10.5. The van der Waals surface area contributed by atoms with E-state index in [1.54, 1.807) is 12.1 Å². The van der Waals surface area contributed by atoms with Gasteiger partial charge in [-0.1, -0.05) is 178 Å². The molecule has 0 saturated heterocycles. The van der Waals surface area contributed by atoms with Crippen LogP contribution in [0.2, 0.25) is 0 Å². The molecule has 9 aromatic rings. The lowest BCUT2D eigenvalue weighted by molar-refractivity contribution is 0.446. The van der Waals surface area contributed by atoms with Crippen molar-refractivity contribution in [3.05, 3.63) is 192 Å². The Morgan fingerprint density at radius 3 is 1.71 bits per heavy atom. The highest BCUT2D eigenvalue weighted by Gasteiger charge is 2.29. The number of nitrogens with zero attached hydrogens (tertiary/aromatic N) is 3. The fraction of sp³-hybridized carbons (Fsp3) is 0.213. The highest BCUT2D eigenvalue weighted by molar-refractivity contribution is 5.97. The molecule has 4 nitrogen and oxygen atoms in total. The summed E-state index contributed by atoms with van der Waals surface area (Å²) in [6, 6.07) is 55.8. The average molecular weight is 853 g/mol. The van der Waals surface area contributed by atoms with Gasteiger partial charge in [-0.2, -0.15) is 0 Å². The molecule has 4 heteroatoms. The van der Waals surface area contributed by atoms with E-state index in [-0.39, 0.29) is 22.1 Å². The largest absolute Gasteiger partial charge is 0.507 e. The van der Waals surface area contributed by atoms with Crippen LogP contribution in [0.5, 0.6) is 5.75 Å². The zero-order valence-corrected chi connectivity index (χ0v) is 39.0. The van der Waals surface area contributed by atoms with Crippen molar-refractivity contribution in [3.63, 3.8) is 0 Å². The van der Waals surface area contributed by atoms with Crippen LogP contribution in [0.25, 0.3) is 83.9 Å². The fourth-order valence-electron chi connectivity index (χ4n) is 8.74. The van der Waals surface area contributed by atoms with E-state index >= 15 is 0 Å². The molecule has 0 saturated carbocycles. The second-order valence-corrected chi connectivity index (χ2v) is 20.4. The van der Waals surface area contributed by atoms with Crippen molar-refractivity contribution in [2.75, 3.05) is 0 Å². The van der Waals surface area contributed by atoms with Gasteiger partial charge in [-0.3, -0.25) is 9.55 Å². The predicted molar refractivity (Wildman–Crippen MR) is 274 cm³/mol. The molecule has 0 bridgehead atoms. The number of aromatic hydroxyl groups is 1. The van der Waals surface area contributed by atoms with Crippen molar-refractivity contribution in [2.45, 2.75) is 85.4 Å². The predicted octanol–water partition coefficient (Wildman–Crippen LogP) is 16.3. The van der Waals surface area contributed by atoms with E-state index in [9.17, 15) is 5.11 Å². The van der Waals surface area contributed by atoms with Crippen LogP contribution in [0.3, 0.4) is 0 Å². The van der Waals surface area contributed by atoms with Gasteiger partial charge in [0.1, 0.15) is 11.6 Å². The number of hydrogen-bond donors (Lipinski definition) is 1. The van der Waals surface area contributed by atoms with E-state index < -0.39 is 12.3 Å². The maximum absolute atomic E-state index is 12.5. The number of phenols is 1. The van der Waals surface area contributed by atoms with E-state index in [4.69, 9.17) is 14.1 Å². The van der Waals surface area contributed by atoms with Crippen LogP contribution < -0.4 is 0 Å². The molecular formula is C61H59N3O. The Labute approximate surface area is 389 Å². The molecule has 0 unspecified atom stereocenters. The number of aromatic nitrogens is 3. The smallest absolute Gasteiger partial charge is 0.149 e. The van der Waals surface area contributed by atoms with E-state index in [2.05, 4.69) is 159 Å². The number of rotatable bonds is 7. The highest BCUT2D eigenvalue weighted by Crippen LogP contribution is 2.45. The summed E-state index contributed by atoms with van der Waals surface area (Å²) < 4.78 is 27.9. The Balaban J connectivity index is 1.29. The van der Waals surface area contributed by atoms with Crippen molar-refractivity contribution in [3.8, 4) is 78.6 Å². The minimum Gasteiger partial charge on any atom is -0.507 e. The van der Waals surface area contributed by atoms with Crippen LogP contribution in [0.15, 0.2) is 170 Å². The van der Waals surface area contributed by atoms with Gasteiger partial charge in [-0.05, 0) is 127 Å². The third-order valence-corrected chi connectivity index (χ3v) is 12.5. The fourth-order valence-corrected chi connectivity index (χ4v) is 8.74. The maximum atomic E-state index is 12.5. The molecule has 0 aliphatic heterocycles. The Kier molecular flexibility index (Phi) is 10.0. The lowest BCUT2D eigenvalue weighted by Gasteiger charge is -2.27. The zero-order valence-electron chi connectivity index (χ0n) is 42.0. The molecule has 0 spiro atoms. The van der Waals surface area contributed by atoms with Gasteiger partial charge in [0.05, 0.1) is 22.3 Å². The van der Waals surface area contributed by atoms with Gasteiger partial charge in [0.2, 0.25) is 0 Å². The molecule has 2 aromatic heterocycles. The first-order chi connectivity index (χ1) is 32.1. The van der Waals surface area contributed by atoms with Crippen LogP contribution in [0, 0.1) is 6.85 Å². The lowest BCUT2D eigenvalue weighted by atomic mass is 9.79. The summed E-state index contributed by atoms with van der Waals surface area (Å²) in [6.45, 7) is 17.1. The molecule has 1 N–H and O–H groups in total. The molecule has 7 aromatic carbocycles. The summed E-state index contributed by atoms with van der Waals surface area (Å²) >= 11 is 0. The summed E-state index contributed by atoms with van der Waals surface area (Å²) in [5.41, 5.74) is 15.0. The first-order valence-corrected chi connectivity index (χ1v) is 22.5. The molecule has 9 rings (SSSR count). The number of aryl methyl sites for hydroxylation is 1. The molecular weight excluding hydrogens is 791 g/mol. The molecule has 0 aliphatic rings. The Hall–Kier alpha value is -7.04. The monoisotopic (exact) mass is 852 g/mol. The average Bonchev–Trinajstić information content (AvgIpc) is 3.70. The quantitative estimate of drug-likeness (QED) is 0.174. The number of phenolic OH excluding ortho intramolecular Hbond substituents is 1. The van der Waals surface area contributed by atoms with Gasteiger partial charge in [0.15, 0.2) is 0 Å². The summed E-state index contributed by atoms with van der Waals surface area (Å²) in [5.74, 6) is 0.666. The van der Waals surface area contributed by atoms with Gasteiger partial charge >= 0.3 is 0 Å². The van der Waals surface area contributed by atoms with E-state index in [1.807, 2.05) is 65.4 Å². The van der Waals surface area contributed by atoms with Gasteiger partial charge in [0.25, 0.3) is 0 Å². The van der Waals surface area contributed by atoms with E-state index in [0.29, 0.717) is 17.1 Å². The third kappa shape index (κ3) is 8.66. The SMILES string of the molecule is [2H]C([2H])([2H])c1cc(-c2ccccc2)cc(-n2c(-c3cc(C(C)(C)C)cc(C(C)(C)C)c3O)nc3c(-c4cc(-c5cc(-c6ccc(-c7ccccc7)cc6)ccn5)cc(C(C)(C)C)c4)cccc32)c1. The van der Waals surface area contributed by atoms with Crippen LogP contribution in [-0.2, 0) is 16.2 Å². The normalized spacial score (nSPS) is 13.1. The molecule has 0 atom stereocenters. The number of imidazole rings is 1. The minimum absolute atomic E-state index is 0.150. The first-order valence-electron chi connectivity index (χ1n) is 24.0. The Morgan fingerprint density at radius 2 is 1.08 bits per heavy atom. The summed E-state index contributed by atoms with van der Waals surface area (Å²) in [6.07, 6.45) is 1.88. The highest BCUT2D eigenvalue weighted by atomic mass is 16.3. The molecule has 0 fully saturated rings. The maximum Gasteiger partial charge on any atom is 0.149 e.